The number of hydrogen-bond donors (Lipinski definition) is 2. The van der Waals surface area contributed by atoms with Gasteiger partial charge in [-0.05, 0) is 18.1 Å². The van der Waals surface area contributed by atoms with E-state index in [1.165, 1.54) is 0 Å². The van der Waals surface area contributed by atoms with E-state index in [1.807, 2.05) is 18.2 Å². The summed E-state index contributed by atoms with van der Waals surface area (Å²) in [6.45, 7) is 10.1. The summed E-state index contributed by atoms with van der Waals surface area (Å²) >= 11 is 0. The van der Waals surface area contributed by atoms with Crippen molar-refractivity contribution in [3.8, 4) is 11.5 Å². The molecular weight excluding hydrogens is 483 g/mol. The van der Waals surface area contributed by atoms with Crippen molar-refractivity contribution >= 4 is 35.6 Å². The van der Waals surface area contributed by atoms with Gasteiger partial charge in [-0.1, -0.05) is 26.7 Å². The summed E-state index contributed by atoms with van der Waals surface area (Å²) in [5, 5.41) is 3.19. The second kappa shape index (κ2) is 12.4. The van der Waals surface area contributed by atoms with E-state index in [0.29, 0.717) is 37.7 Å². The van der Waals surface area contributed by atoms with E-state index in [9.17, 15) is 0 Å². The molecular formula is C21H35IN4O3. The van der Waals surface area contributed by atoms with Crippen LogP contribution in [0.1, 0.15) is 33.1 Å². The molecule has 2 aliphatic heterocycles. The highest BCUT2D eigenvalue weighted by molar-refractivity contribution is 14.0. The Bertz CT molecular complexity index is 649. The lowest BCUT2D eigenvalue weighted by molar-refractivity contribution is 0.00398. The Balaban J connectivity index is 0.00000300. The summed E-state index contributed by atoms with van der Waals surface area (Å²) in [5.41, 5.74) is 7.05. The van der Waals surface area contributed by atoms with E-state index >= 15 is 0 Å². The van der Waals surface area contributed by atoms with Crippen LogP contribution in [0.25, 0.3) is 0 Å². The number of hydrogen-bond acceptors (Lipinski definition) is 5. The second-order valence-electron chi connectivity index (χ2n) is 7.36. The number of morpholine rings is 1. The molecule has 1 aromatic carbocycles. The van der Waals surface area contributed by atoms with E-state index in [0.717, 1.165) is 62.8 Å². The minimum absolute atomic E-state index is 0. The molecule has 1 unspecified atom stereocenters. The average Bonchev–Trinajstić information content (AvgIpc) is 2.97. The standard InChI is InChI=1S/C21H34N4O3.HI/c1-3-16(4-2)18(25-8-12-26-13-9-25)15-23-21(22)24-17-6-7-19-20(14-17)28-11-5-10-27-19;/h6-7,14,16,18H,3-5,8-13,15H2,1-2H3,(H3,22,23,24);1H. The molecule has 8 heteroatoms. The van der Waals surface area contributed by atoms with Crippen molar-refractivity contribution in [3.63, 3.8) is 0 Å². The van der Waals surface area contributed by atoms with Crippen molar-refractivity contribution in [1.29, 1.82) is 0 Å². The number of halogens is 1. The van der Waals surface area contributed by atoms with Gasteiger partial charge in [-0.15, -0.1) is 24.0 Å². The molecule has 1 atom stereocenters. The highest BCUT2D eigenvalue weighted by Crippen LogP contribution is 2.32. The Labute approximate surface area is 191 Å². The molecule has 164 valence electrons. The predicted octanol–water partition coefficient (Wildman–Crippen LogP) is 3.33. The van der Waals surface area contributed by atoms with E-state index in [2.05, 4.69) is 29.1 Å². The van der Waals surface area contributed by atoms with Crippen LogP contribution in [0.2, 0.25) is 0 Å². The summed E-state index contributed by atoms with van der Waals surface area (Å²) < 4.78 is 16.9. The van der Waals surface area contributed by atoms with Gasteiger partial charge in [0.15, 0.2) is 17.5 Å². The minimum Gasteiger partial charge on any atom is -0.490 e. The number of rotatable bonds is 7. The maximum atomic E-state index is 6.20. The number of benzene rings is 1. The fourth-order valence-corrected chi connectivity index (χ4v) is 3.92. The quantitative estimate of drug-likeness (QED) is 0.328. The van der Waals surface area contributed by atoms with E-state index in [1.54, 1.807) is 0 Å². The molecule has 0 aliphatic carbocycles. The molecule has 7 nitrogen and oxygen atoms in total. The van der Waals surface area contributed by atoms with Crippen molar-refractivity contribution in [2.75, 3.05) is 51.4 Å². The summed E-state index contributed by atoms with van der Waals surface area (Å²) in [5.74, 6) is 2.56. The first kappa shape index (κ1) is 24.0. The Morgan fingerprint density at radius 2 is 1.79 bits per heavy atom. The molecule has 0 spiro atoms. The lowest BCUT2D eigenvalue weighted by Crippen LogP contribution is -2.48. The van der Waals surface area contributed by atoms with Crippen molar-refractivity contribution in [1.82, 2.24) is 4.90 Å². The third-order valence-electron chi connectivity index (χ3n) is 5.58. The first-order valence-electron chi connectivity index (χ1n) is 10.5. The number of nitrogens with two attached hydrogens (primary N) is 1. The Hall–Kier alpha value is -1.26. The van der Waals surface area contributed by atoms with Crippen LogP contribution in [0.5, 0.6) is 11.5 Å². The van der Waals surface area contributed by atoms with Crippen molar-refractivity contribution in [3.05, 3.63) is 18.2 Å². The zero-order valence-corrected chi connectivity index (χ0v) is 19.9. The molecule has 2 aliphatic rings. The topological polar surface area (TPSA) is 81.3 Å². The molecule has 0 saturated carbocycles. The monoisotopic (exact) mass is 518 g/mol. The maximum Gasteiger partial charge on any atom is 0.193 e. The first-order valence-corrected chi connectivity index (χ1v) is 10.5. The van der Waals surface area contributed by atoms with Crippen LogP contribution in [-0.2, 0) is 4.74 Å². The third-order valence-corrected chi connectivity index (χ3v) is 5.58. The van der Waals surface area contributed by atoms with E-state index in [-0.39, 0.29) is 24.0 Å². The van der Waals surface area contributed by atoms with Gasteiger partial charge in [0, 0.05) is 37.3 Å². The predicted molar refractivity (Wildman–Crippen MR) is 128 cm³/mol. The summed E-state index contributed by atoms with van der Waals surface area (Å²) in [7, 11) is 0. The van der Waals surface area contributed by atoms with Crippen molar-refractivity contribution in [2.24, 2.45) is 16.6 Å². The molecule has 1 saturated heterocycles. The zero-order chi connectivity index (χ0) is 19.8. The Morgan fingerprint density at radius 3 is 2.48 bits per heavy atom. The Kier molecular flexibility index (Phi) is 10.3. The molecule has 3 rings (SSSR count). The van der Waals surface area contributed by atoms with Crippen LogP contribution in [0.3, 0.4) is 0 Å². The largest absolute Gasteiger partial charge is 0.490 e. The van der Waals surface area contributed by atoms with Gasteiger partial charge in [0.1, 0.15) is 0 Å². The zero-order valence-electron chi connectivity index (χ0n) is 17.6. The van der Waals surface area contributed by atoms with E-state index < -0.39 is 0 Å². The molecule has 0 aromatic heterocycles. The Morgan fingerprint density at radius 1 is 1.10 bits per heavy atom. The number of guanidine groups is 1. The van der Waals surface area contributed by atoms with Gasteiger partial charge >= 0.3 is 0 Å². The summed E-state index contributed by atoms with van der Waals surface area (Å²) in [4.78, 5) is 7.18. The van der Waals surface area contributed by atoms with Gasteiger partial charge in [0.25, 0.3) is 0 Å². The summed E-state index contributed by atoms with van der Waals surface area (Å²) in [6, 6.07) is 6.17. The van der Waals surface area contributed by atoms with Crippen LogP contribution >= 0.6 is 24.0 Å². The van der Waals surface area contributed by atoms with Crippen LogP contribution in [0, 0.1) is 5.92 Å². The lowest BCUT2D eigenvalue weighted by Gasteiger charge is -2.38. The number of fused-ring (bicyclic) bond motifs is 1. The lowest BCUT2D eigenvalue weighted by atomic mass is 9.92. The second-order valence-corrected chi connectivity index (χ2v) is 7.36. The SMILES string of the molecule is CCC(CC)C(CN=C(N)Nc1ccc2c(c1)OCCCO2)N1CCOCC1.I. The maximum absolute atomic E-state index is 6.20. The van der Waals surface area contributed by atoms with Gasteiger partial charge in [-0.3, -0.25) is 9.89 Å². The number of nitrogens with zero attached hydrogens (tertiary/aromatic N) is 2. The van der Waals surface area contributed by atoms with Gasteiger partial charge < -0.3 is 25.3 Å². The highest BCUT2D eigenvalue weighted by atomic mass is 127. The fourth-order valence-electron chi connectivity index (χ4n) is 3.92. The van der Waals surface area contributed by atoms with E-state index in [4.69, 9.17) is 19.9 Å². The average molecular weight is 518 g/mol. The number of anilines is 1. The van der Waals surface area contributed by atoms with Crippen LogP contribution in [0.15, 0.2) is 23.2 Å². The number of nitrogens with one attached hydrogen (secondary N) is 1. The van der Waals surface area contributed by atoms with Crippen molar-refractivity contribution in [2.45, 2.75) is 39.2 Å². The highest BCUT2D eigenvalue weighted by Gasteiger charge is 2.26. The number of aliphatic imine (C=N–C) groups is 1. The molecule has 0 amide bonds. The van der Waals surface area contributed by atoms with Crippen molar-refractivity contribution < 1.29 is 14.2 Å². The number of ether oxygens (including phenoxy) is 3. The van der Waals surface area contributed by atoms with Crippen LogP contribution < -0.4 is 20.5 Å². The molecule has 0 bridgehead atoms. The summed E-state index contributed by atoms with van der Waals surface area (Å²) in [6.07, 6.45) is 3.17. The van der Waals surface area contributed by atoms with Gasteiger partial charge in [0.2, 0.25) is 0 Å². The molecule has 0 radical (unpaired) electrons. The molecule has 29 heavy (non-hydrogen) atoms. The first-order chi connectivity index (χ1) is 13.7. The molecule has 3 N–H and O–H groups in total. The normalized spacial score (nSPS) is 18.7. The molecule has 1 aromatic rings. The molecule has 2 heterocycles. The smallest absolute Gasteiger partial charge is 0.193 e. The van der Waals surface area contributed by atoms with Gasteiger partial charge in [-0.2, -0.15) is 0 Å². The third kappa shape index (κ3) is 6.89. The molecule has 1 fully saturated rings. The minimum atomic E-state index is 0. The van der Waals surface area contributed by atoms with Crippen LogP contribution in [0.4, 0.5) is 5.69 Å². The van der Waals surface area contributed by atoms with Gasteiger partial charge in [0.05, 0.1) is 33.0 Å². The van der Waals surface area contributed by atoms with Gasteiger partial charge in [-0.25, -0.2) is 0 Å². The fraction of sp³-hybridized carbons (Fsp3) is 0.667. The van der Waals surface area contributed by atoms with Crippen LogP contribution in [-0.4, -0.2) is 63.0 Å².